The molecule has 2 aromatic rings. The molecule has 0 spiro atoms. The lowest BCUT2D eigenvalue weighted by molar-refractivity contribution is -0.134. The second-order valence-electron chi connectivity index (χ2n) is 6.82. The van der Waals surface area contributed by atoms with Gasteiger partial charge in [0.2, 0.25) is 5.91 Å². The molecule has 24 heavy (non-hydrogen) atoms. The number of fused-ring (bicyclic) bond motifs is 1. The first-order valence-corrected chi connectivity index (χ1v) is 9.04. The van der Waals surface area contributed by atoms with Gasteiger partial charge in [0.15, 0.2) is 0 Å². The van der Waals surface area contributed by atoms with Gasteiger partial charge in [-0.1, -0.05) is 36.8 Å². The highest BCUT2D eigenvalue weighted by Crippen LogP contribution is 2.24. The second-order valence-corrected chi connectivity index (χ2v) is 6.82. The van der Waals surface area contributed by atoms with Gasteiger partial charge < -0.3 is 9.88 Å². The predicted octanol–water partition coefficient (Wildman–Crippen LogP) is 3.39. The molecule has 4 heteroatoms. The minimum absolute atomic E-state index is 0.118. The number of hydrogen-bond acceptors (Lipinski definition) is 2. The van der Waals surface area contributed by atoms with Gasteiger partial charge in [0.05, 0.1) is 12.0 Å². The number of H-pyrrole nitrogens is 1. The summed E-state index contributed by atoms with van der Waals surface area (Å²) in [5, 5.41) is 0. The van der Waals surface area contributed by atoms with E-state index in [2.05, 4.69) is 40.3 Å². The maximum absolute atomic E-state index is 12.6. The van der Waals surface area contributed by atoms with Crippen LogP contribution >= 0.6 is 0 Å². The Bertz CT molecular complexity index is 650. The summed E-state index contributed by atoms with van der Waals surface area (Å²) in [6, 6.07) is 10.6. The summed E-state index contributed by atoms with van der Waals surface area (Å²) in [6.07, 6.45) is 8.96. The molecule has 0 saturated carbocycles. The largest absolute Gasteiger partial charge is 0.348 e. The molecule has 3 rings (SSSR count). The van der Waals surface area contributed by atoms with E-state index >= 15 is 0 Å². The molecular weight excluding hydrogens is 298 g/mol. The average molecular weight is 325 g/mol. The molecule has 0 saturated heterocycles. The van der Waals surface area contributed by atoms with Gasteiger partial charge in [0.25, 0.3) is 0 Å². The van der Waals surface area contributed by atoms with Crippen molar-refractivity contribution in [1.82, 2.24) is 14.9 Å². The molecule has 4 nitrogen and oxygen atoms in total. The molecule has 1 unspecified atom stereocenters. The summed E-state index contributed by atoms with van der Waals surface area (Å²) in [5.41, 5.74) is 3.69. The van der Waals surface area contributed by atoms with Crippen molar-refractivity contribution in [1.29, 1.82) is 0 Å². The molecule has 0 radical (unpaired) electrons. The van der Waals surface area contributed by atoms with Crippen LogP contribution < -0.4 is 0 Å². The molecular formula is C20H27N3O. The zero-order valence-electron chi connectivity index (χ0n) is 14.5. The number of aromatic amines is 1. The molecule has 0 bridgehead atoms. The number of aromatic nitrogens is 2. The number of aryl methyl sites for hydroxylation is 2. The highest BCUT2D eigenvalue weighted by molar-refractivity contribution is 5.79. The van der Waals surface area contributed by atoms with Crippen molar-refractivity contribution in [2.24, 2.45) is 5.92 Å². The van der Waals surface area contributed by atoms with Crippen LogP contribution in [0.25, 0.3) is 0 Å². The summed E-state index contributed by atoms with van der Waals surface area (Å²) in [4.78, 5) is 22.0. The number of carbonyl (C=O) groups excluding carboxylic acids is 1. The van der Waals surface area contributed by atoms with Gasteiger partial charge in [-0.05, 0) is 37.7 Å². The Hall–Kier alpha value is -2.10. The second kappa shape index (κ2) is 8.13. The van der Waals surface area contributed by atoms with E-state index in [4.69, 9.17) is 0 Å². The van der Waals surface area contributed by atoms with Gasteiger partial charge in [-0.15, -0.1) is 0 Å². The van der Waals surface area contributed by atoms with Crippen molar-refractivity contribution in [3.05, 3.63) is 53.6 Å². The van der Waals surface area contributed by atoms with E-state index in [1.807, 2.05) is 11.9 Å². The minimum Gasteiger partial charge on any atom is -0.348 e. The van der Waals surface area contributed by atoms with Crippen molar-refractivity contribution in [3.8, 4) is 0 Å². The van der Waals surface area contributed by atoms with Crippen molar-refractivity contribution >= 4 is 5.91 Å². The van der Waals surface area contributed by atoms with E-state index < -0.39 is 0 Å². The van der Waals surface area contributed by atoms with Crippen LogP contribution in [0.5, 0.6) is 0 Å². The molecule has 1 aliphatic rings. The number of nitrogens with one attached hydrogen (secondary N) is 1. The topological polar surface area (TPSA) is 49.0 Å². The summed E-state index contributed by atoms with van der Waals surface area (Å²) < 4.78 is 0. The van der Waals surface area contributed by atoms with Crippen LogP contribution in [0, 0.1) is 5.92 Å². The monoisotopic (exact) mass is 325 g/mol. The van der Waals surface area contributed by atoms with Gasteiger partial charge in [-0.3, -0.25) is 4.79 Å². The molecule has 1 amide bonds. The zero-order chi connectivity index (χ0) is 16.8. The number of hydrogen-bond donors (Lipinski definition) is 1. The Morgan fingerprint density at radius 1 is 1.25 bits per heavy atom. The Balaban J connectivity index is 1.36. The molecule has 1 aromatic carbocycles. The van der Waals surface area contributed by atoms with Crippen LogP contribution in [0.3, 0.4) is 0 Å². The number of amides is 1. The van der Waals surface area contributed by atoms with Gasteiger partial charge >= 0.3 is 0 Å². The van der Waals surface area contributed by atoms with Crippen LogP contribution in [-0.2, 0) is 24.1 Å². The maximum atomic E-state index is 12.6. The summed E-state index contributed by atoms with van der Waals surface area (Å²) in [5.74, 6) is 0.408. The van der Waals surface area contributed by atoms with E-state index in [1.54, 1.807) is 6.33 Å². The highest BCUT2D eigenvalue weighted by atomic mass is 16.2. The fourth-order valence-corrected chi connectivity index (χ4v) is 3.53. The van der Waals surface area contributed by atoms with Crippen LogP contribution in [-0.4, -0.2) is 34.4 Å². The van der Waals surface area contributed by atoms with Crippen molar-refractivity contribution < 1.29 is 4.79 Å². The lowest BCUT2D eigenvalue weighted by atomic mass is 9.89. The number of imidazole rings is 1. The average Bonchev–Trinajstić information content (AvgIpc) is 3.09. The summed E-state index contributed by atoms with van der Waals surface area (Å²) >= 11 is 0. The van der Waals surface area contributed by atoms with Gasteiger partial charge in [0.1, 0.15) is 0 Å². The Morgan fingerprint density at radius 2 is 2.08 bits per heavy atom. The van der Waals surface area contributed by atoms with Crippen LogP contribution in [0.4, 0.5) is 0 Å². The fourth-order valence-electron chi connectivity index (χ4n) is 3.53. The normalized spacial score (nSPS) is 16.6. The fraction of sp³-hybridized carbons (Fsp3) is 0.500. The third-order valence-corrected chi connectivity index (χ3v) is 5.01. The molecule has 1 heterocycles. The molecule has 1 aliphatic carbocycles. The molecule has 0 fully saturated rings. The van der Waals surface area contributed by atoms with E-state index in [1.165, 1.54) is 18.4 Å². The smallest absolute Gasteiger partial charge is 0.225 e. The quantitative estimate of drug-likeness (QED) is 0.793. The maximum Gasteiger partial charge on any atom is 0.225 e. The third kappa shape index (κ3) is 4.25. The number of nitrogens with zero attached hydrogens (tertiary/aromatic N) is 2. The third-order valence-electron chi connectivity index (χ3n) is 5.01. The zero-order valence-corrected chi connectivity index (χ0v) is 14.5. The highest BCUT2D eigenvalue weighted by Gasteiger charge is 2.27. The Labute approximate surface area is 144 Å². The lowest BCUT2D eigenvalue weighted by Crippen LogP contribution is -2.36. The van der Waals surface area contributed by atoms with Crippen molar-refractivity contribution in [2.75, 3.05) is 13.6 Å². The Kier molecular flexibility index (Phi) is 5.68. The first-order chi connectivity index (χ1) is 11.7. The molecule has 1 N–H and O–H groups in total. The van der Waals surface area contributed by atoms with Crippen LogP contribution in [0.15, 0.2) is 36.7 Å². The summed E-state index contributed by atoms with van der Waals surface area (Å²) in [6.45, 7) is 0.861. The van der Waals surface area contributed by atoms with Crippen LogP contribution in [0.1, 0.15) is 42.6 Å². The SMILES string of the molecule is CN(CCCCCc1ccccc1)C(=O)C1CCc2nc[nH]c2C1. The van der Waals surface area contributed by atoms with E-state index in [-0.39, 0.29) is 5.92 Å². The number of rotatable bonds is 7. The van der Waals surface area contributed by atoms with Gasteiger partial charge in [0, 0.05) is 31.6 Å². The molecule has 1 aromatic heterocycles. The number of benzene rings is 1. The van der Waals surface area contributed by atoms with Crippen molar-refractivity contribution in [3.63, 3.8) is 0 Å². The number of unbranched alkanes of at least 4 members (excludes halogenated alkanes) is 2. The first kappa shape index (κ1) is 16.7. The molecule has 0 aliphatic heterocycles. The number of carbonyl (C=O) groups is 1. The van der Waals surface area contributed by atoms with Gasteiger partial charge in [-0.25, -0.2) is 4.98 Å². The van der Waals surface area contributed by atoms with Crippen LogP contribution in [0.2, 0.25) is 0 Å². The van der Waals surface area contributed by atoms with E-state index in [0.717, 1.165) is 50.0 Å². The first-order valence-electron chi connectivity index (χ1n) is 9.04. The predicted molar refractivity (Wildman–Crippen MR) is 95.7 cm³/mol. The lowest BCUT2D eigenvalue weighted by Gasteiger charge is -2.26. The summed E-state index contributed by atoms with van der Waals surface area (Å²) in [7, 11) is 1.95. The van der Waals surface area contributed by atoms with E-state index in [9.17, 15) is 4.79 Å². The van der Waals surface area contributed by atoms with Crippen molar-refractivity contribution in [2.45, 2.75) is 44.9 Å². The minimum atomic E-state index is 0.118. The molecule has 128 valence electrons. The van der Waals surface area contributed by atoms with Gasteiger partial charge in [-0.2, -0.15) is 0 Å². The standard InChI is InChI=1S/C20H27N3O/c1-23(13-7-3-6-10-16-8-4-2-5-9-16)20(24)17-11-12-18-19(14-17)22-15-21-18/h2,4-5,8-9,15,17H,3,6-7,10-14H2,1H3,(H,21,22). The molecule has 1 atom stereocenters. The Morgan fingerprint density at radius 3 is 2.92 bits per heavy atom. The van der Waals surface area contributed by atoms with E-state index in [0.29, 0.717) is 5.91 Å².